The van der Waals surface area contributed by atoms with Crippen LogP contribution >= 0.6 is 15.9 Å². The predicted octanol–water partition coefficient (Wildman–Crippen LogP) is 7.79. The molecule has 0 bridgehead atoms. The molecule has 1 unspecified atom stereocenters. The van der Waals surface area contributed by atoms with E-state index in [0.717, 1.165) is 33.4 Å². The highest BCUT2D eigenvalue weighted by Gasteiger charge is 2.23. The second kappa shape index (κ2) is 13.1. The Morgan fingerprint density at radius 3 is 1.73 bits per heavy atom. The highest BCUT2D eigenvalue weighted by molar-refractivity contribution is 9.10. The zero-order valence-electron chi connectivity index (χ0n) is 22.2. The molecular formula is C35H28BrNO4. The average Bonchev–Trinajstić information content (AvgIpc) is 3.01. The summed E-state index contributed by atoms with van der Waals surface area (Å²) in [4.78, 5) is 25.4. The van der Waals surface area contributed by atoms with Gasteiger partial charge in [-0.15, -0.1) is 0 Å². The van der Waals surface area contributed by atoms with Crippen LogP contribution in [0, 0.1) is 0 Å². The Labute approximate surface area is 247 Å². The van der Waals surface area contributed by atoms with Gasteiger partial charge in [0, 0.05) is 10.9 Å². The minimum absolute atomic E-state index is 0.147. The van der Waals surface area contributed by atoms with E-state index in [2.05, 4.69) is 33.4 Å². The Hall–Kier alpha value is -4.68. The van der Waals surface area contributed by atoms with Crippen LogP contribution in [-0.2, 0) is 17.8 Å². The van der Waals surface area contributed by atoms with Crippen LogP contribution in [0.4, 0.5) is 0 Å². The second-order valence-corrected chi connectivity index (χ2v) is 10.5. The summed E-state index contributed by atoms with van der Waals surface area (Å²) in [6, 6.07) is 39.8. The number of carboxylic acids is 1. The molecule has 0 aliphatic carbocycles. The third-order valence-corrected chi connectivity index (χ3v) is 7.24. The SMILES string of the molecule is O=C(NC(Cc1ccc(-c2ccccc2)cc1)C(=O)O)c1cc(Br)ccc1OCc1ccc(-c2ccccc2)cc1. The third kappa shape index (κ3) is 7.29. The molecule has 0 radical (unpaired) electrons. The monoisotopic (exact) mass is 605 g/mol. The lowest BCUT2D eigenvalue weighted by Crippen LogP contribution is -2.42. The molecule has 0 saturated heterocycles. The minimum Gasteiger partial charge on any atom is -0.488 e. The van der Waals surface area contributed by atoms with E-state index in [4.69, 9.17) is 4.74 Å². The van der Waals surface area contributed by atoms with E-state index in [9.17, 15) is 14.7 Å². The molecule has 0 fully saturated rings. The molecule has 5 rings (SSSR count). The number of aliphatic carboxylic acids is 1. The van der Waals surface area contributed by atoms with E-state index >= 15 is 0 Å². The van der Waals surface area contributed by atoms with E-state index in [0.29, 0.717) is 10.2 Å². The van der Waals surface area contributed by atoms with Gasteiger partial charge in [0.15, 0.2) is 0 Å². The number of carbonyl (C=O) groups is 2. The van der Waals surface area contributed by atoms with Crippen molar-refractivity contribution in [3.63, 3.8) is 0 Å². The number of benzene rings is 5. The van der Waals surface area contributed by atoms with Crippen LogP contribution in [0.25, 0.3) is 22.3 Å². The number of amides is 1. The first-order chi connectivity index (χ1) is 20.0. The fraction of sp³-hybridized carbons (Fsp3) is 0.0857. The molecule has 0 spiro atoms. The van der Waals surface area contributed by atoms with E-state index in [1.807, 2.05) is 97.1 Å². The summed E-state index contributed by atoms with van der Waals surface area (Å²) in [6.45, 7) is 0.257. The second-order valence-electron chi connectivity index (χ2n) is 9.62. The number of hydrogen-bond donors (Lipinski definition) is 2. The maximum atomic E-state index is 13.3. The first kappa shape index (κ1) is 27.9. The van der Waals surface area contributed by atoms with Crippen molar-refractivity contribution in [1.29, 1.82) is 0 Å². The average molecular weight is 607 g/mol. The highest BCUT2D eigenvalue weighted by Crippen LogP contribution is 2.26. The van der Waals surface area contributed by atoms with Gasteiger partial charge >= 0.3 is 5.97 Å². The normalized spacial score (nSPS) is 11.4. The van der Waals surface area contributed by atoms with Gasteiger partial charge in [0.05, 0.1) is 5.56 Å². The molecule has 1 atom stereocenters. The van der Waals surface area contributed by atoms with Crippen molar-refractivity contribution < 1.29 is 19.4 Å². The molecule has 1 amide bonds. The molecule has 41 heavy (non-hydrogen) atoms. The van der Waals surface area contributed by atoms with Gasteiger partial charge in [-0.05, 0) is 51.6 Å². The van der Waals surface area contributed by atoms with Crippen molar-refractivity contribution in [1.82, 2.24) is 5.32 Å². The maximum Gasteiger partial charge on any atom is 0.326 e. The first-order valence-electron chi connectivity index (χ1n) is 13.2. The fourth-order valence-corrected chi connectivity index (χ4v) is 4.89. The van der Waals surface area contributed by atoms with Gasteiger partial charge < -0.3 is 15.2 Å². The first-order valence-corrected chi connectivity index (χ1v) is 14.0. The Morgan fingerprint density at radius 2 is 1.20 bits per heavy atom. The number of nitrogens with one attached hydrogen (secondary N) is 1. The van der Waals surface area contributed by atoms with Gasteiger partial charge in [0.25, 0.3) is 5.91 Å². The van der Waals surface area contributed by atoms with Crippen LogP contribution in [0.3, 0.4) is 0 Å². The summed E-state index contributed by atoms with van der Waals surface area (Å²) in [5, 5.41) is 12.6. The van der Waals surface area contributed by atoms with Crippen LogP contribution in [0.1, 0.15) is 21.5 Å². The number of ether oxygens (including phenoxy) is 1. The number of carboxylic acid groups (broad SMARTS) is 1. The molecule has 204 valence electrons. The smallest absolute Gasteiger partial charge is 0.326 e. The fourth-order valence-electron chi connectivity index (χ4n) is 4.53. The number of carbonyl (C=O) groups excluding carboxylic acids is 1. The Kier molecular flexibility index (Phi) is 8.92. The topological polar surface area (TPSA) is 75.6 Å². The largest absolute Gasteiger partial charge is 0.488 e. The van der Waals surface area contributed by atoms with Crippen LogP contribution in [0.15, 0.2) is 132 Å². The Balaban J connectivity index is 1.26. The highest BCUT2D eigenvalue weighted by atomic mass is 79.9. The molecule has 0 aromatic heterocycles. The molecule has 0 saturated carbocycles. The van der Waals surface area contributed by atoms with Crippen molar-refractivity contribution in [3.8, 4) is 28.0 Å². The van der Waals surface area contributed by atoms with E-state index in [1.54, 1.807) is 18.2 Å². The summed E-state index contributed by atoms with van der Waals surface area (Å²) in [5.74, 6) is -1.26. The summed E-state index contributed by atoms with van der Waals surface area (Å²) >= 11 is 3.41. The lowest BCUT2D eigenvalue weighted by Gasteiger charge is -2.17. The van der Waals surface area contributed by atoms with Gasteiger partial charge in [0.2, 0.25) is 0 Å². The lowest BCUT2D eigenvalue weighted by atomic mass is 10.0. The van der Waals surface area contributed by atoms with Crippen molar-refractivity contribution in [2.45, 2.75) is 19.1 Å². The summed E-state index contributed by atoms with van der Waals surface area (Å²) in [6.07, 6.45) is 0.147. The van der Waals surface area contributed by atoms with Crippen molar-refractivity contribution in [3.05, 3.63) is 149 Å². The predicted molar refractivity (Wildman–Crippen MR) is 165 cm³/mol. The van der Waals surface area contributed by atoms with Crippen LogP contribution in [0.2, 0.25) is 0 Å². The zero-order valence-corrected chi connectivity index (χ0v) is 23.8. The molecule has 0 heterocycles. The molecular weight excluding hydrogens is 578 g/mol. The lowest BCUT2D eigenvalue weighted by molar-refractivity contribution is -0.139. The van der Waals surface area contributed by atoms with Crippen LogP contribution < -0.4 is 10.1 Å². The van der Waals surface area contributed by atoms with E-state index in [1.165, 1.54) is 0 Å². The van der Waals surface area contributed by atoms with Crippen molar-refractivity contribution in [2.24, 2.45) is 0 Å². The Bertz CT molecular complexity index is 1620. The van der Waals surface area contributed by atoms with Gasteiger partial charge in [0.1, 0.15) is 18.4 Å². The molecule has 0 aliphatic heterocycles. The van der Waals surface area contributed by atoms with Gasteiger partial charge in [-0.1, -0.05) is 125 Å². The summed E-state index contributed by atoms with van der Waals surface area (Å²) < 4.78 is 6.72. The molecule has 6 heteroatoms. The van der Waals surface area contributed by atoms with Crippen molar-refractivity contribution in [2.75, 3.05) is 0 Å². The molecule has 5 aromatic rings. The van der Waals surface area contributed by atoms with Crippen LogP contribution in [-0.4, -0.2) is 23.0 Å². The molecule has 2 N–H and O–H groups in total. The third-order valence-electron chi connectivity index (χ3n) is 6.75. The Morgan fingerprint density at radius 1 is 0.683 bits per heavy atom. The van der Waals surface area contributed by atoms with Gasteiger partial charge in [-0.25, -0.2) is 4.79 Å². The molecule has 5 nitrogen and oxygen atoms in total. The number of rotatable bonds is 10. The quantitative estimate of drug-likeness (QED) is 0.170. The summed E-state index contributed by atoms with van der Waals surface area (Å²) in [5.41, 5.74) is 6.36. The van der Waals surface area contributed by atoms with Gasteiger partial charge in [-0.3, -0.25) is 4.79 Å². The maximum absolute atomic E-state index is 13.3. The minimum atomic E-state index is -1.11. The molecule has 5 aromatic carbocycles. The number of hydrogen-bond acceptors (Lipinski definition) is 3. The summed E-state index contributed by atoms with van der Waals surface area (Å²) in [7, 11) is 0. The molecule has 0 aliphatic rings. The standard InChI is InChI=1S/C35H28BrNO4/c36-30-19-20-33(41-23-25-13-17-29(18-14-25)27-9-5-2-6-10-27)31(22-30)34(38)37-32(35(39)40)21-24-11-15-28(16-12-24)26-7-3-1-4-8-26/h1-20,22,32H,21,23H2,(H,37,38)(H,39,40). The zero-order chi connectivity index (χ0) is 28.6. The van der Waals surface area contributed by atoms with Crippen LogP contribution in [0.5, 0.6) is 5.75 Å². The number of halogens is 1. The van der Waals surface area contributed by atoms with E-state index in [-0.39, 0.29) is 18.6 Å². The van der Waals surface area contributed by atoms with E-state index < -0.39 is 17.9 Å². The van der Waals surface area contributed by atoms with Gasteiger partial charge in [-0.2, -0.15) is 0 Å². The van der Waals surface area contributed by atoms with Crippen molar-refractivity contribution >= 4 is 27.8 Å².